The van der Waals surface area contributed by atoms with Gasteiger partial charge in [-0.25, -0.2) is 4.99 Å². The summed E-state index contributed by atoms with van der Waals surface area (Å²) in [5.41, 5.74) is 3.63. The molecule has 0 radical (unpaired) electrons. The van der Waals surface area contributed by atoms with E-state index in [-0.39, 0.29) is 12.5 Å². The van der Waals surface area contributed by atoms with E-state index in [9.17, 15) is 4.79 Å². The van der Waals surface area contributed by atoms with Gasteiger partial charge in [0.05, 0.1) is 17.7 Å². The van der Waals surface area contributed by atoms with Crippen LogP contribution in [0.3, 0.4) is 0 Å². The lowest BCUT2D eigenvalue weighted by Gasteiger charge is -2.14. The first-order chi connectivity index (χ1) is 15.1. The highest BCUT2D eigenvalue weighted by Crippen LogP contribution is 2.36. The van der Waals surface area contributed by atoms with Crippen molar-refractivity contribution in [3.8, 4) is 17.6 Å². The van der Waals surface area contributed by atoms with Gasteiger partial charge in [0, 0.05) is 5.56 Å². The fourth-order valence-electron chi connectivity index (χ4n) is 3.05. The molecule has 2 aromatic carbocycles. The van der Waals surface area contributed by atoms with Crippen molar-refractivity contribution < 1.29 is 14.3 Å². The standard InChI is InChI=1S/C24H23N3O3S/c1-4-6-18-13-17(14-20(29-3)22(18)30-12-11-25)15-21-23(28)27-24(31-21)26-19-9-7-16(5-2)8-10-19/h4,7-10,13-15H,1,5-6,12H2,2-3H3,(H,26,27,28)/b21-15-. The van der Waals surface area contributed by atoms with Crippen molar-refractivity contribution >= 4 is 34.6 Å². The summed E-state index contributed by atoms with van der Waals surface area (Å²) in [5.74, 6) is 0.796. The number of nitrogens with zero attached hydrogens (tertiary/aromatic N) is 2. The van der Waals surface area contributed by atoms with Gasteiger partial charge < -0.3 is 14.8 Å². The number of rotatable bonds is 8. The number of aliphatic imine (C=N–C) groups is 1. The Labute approximate surface area is 186 Å². The fraction of sp³-hybridized carbons (Fsp3) is 0.208. The summed E-state index contributed by atoms with van der Waals surface area (Å²) in [6, 6.07) is 13.6. The SMILES string of the molecule is C=CCc1cc(/C=C2\SC(=Nc3ccc(CC)cc3)NC2=O)cc(OC)c1OCC#N. The first-order valence-corrected chi connectivity index (χ1v) is 10.6. The molecule has 0 unspecified atom stereocenters. The Bertz CT molecular complexity index is 1080. The average Bonchev–Trinajstić information content (AvgIpc) is 3.11. The lowest BCUT2D eigenvalue weighted by Crippen LogP contribution is -2.19. The van der Waals surface area contributed by atoms with Gasteiger partial charge >= 0.3 is 0 Å². The maximum Gasteiger partial charge on any atom is 0.264 e. The molecule has 6 nitrogen and oxygen atoms in total. The van der Waals surface area contributed by atoms with Crippen LogP contribution in [0.25, 0.3) is 6.08 Å². The van der Waals surface area contributed by atoms with Crippen LogP contribution < -0.4 is 14.8 Å². The van der Waals surface area contributed by atoms with Gasteiger partial charge in [-0.05, 0) is 66.1 Å². The zero-order valence-electron chi connectivity index (χ0n) is 17.5. The number of allylic oxidation sites excluding steroid dienone is 1. The molecule has 7 heteroatoms. The van der Waals surface area contributed by atoms with E-state index in [0.29, 0.717) is 28.0 Å². The highest BCUT2D eigenvalue weighted by atomic mass is 32.2. The lowest BCUT2D eigenvalue weighted by atomic mass is 10.0. The number of aryl methyl sites for hydroxylation is 1. The van der Waals surface area contributed by atoms with Gasteiger partial charge in [0.15, 0.2) is 23.3 Å². The Morgan fingerprint density at radius 2 is 2.06 bits per heavy atom. The largest absolute Gasteiger partial charge is 0.493 e. The van der Waals surface area contributed by atoms with E-state index in [2.05, 4.69) is 23.8 Å². The van der Waals surface area contributed by atoms with Crippen molar-refractivity contribution in [2.24, 2.45) is 4.99 Å². The monoisotopic (exact) mass is 433 g/mol. The van der Waals surface area contributed by atoms with Crippen molar-refractivity contribution in [1.29, 1.82) is 5.26 Å². The lowest BCUT2D eigenvalue weighted by molar-refractivity contribution is -0.115. The number of nitriles is 1. The number of hydrogen-bond acceptors (Lipinski definition) is 6. The zero-order valence-corrected chi connectivity index (χ0v) is 18.3. The number of amidine groups is 1. The molecule has 0 spiro atoms. The maximum absolute atomic E-state index is 12.5. The van der Waals surface area contributed by atoms with Crippen LogP contribution in [0.5, 0.6) is 11.5 Å². The van der Waals surface area contributed by atoms with Crippen LogP contribution in [0.4, 0.5) is 5.69 Å². The number of carbonyl (C=O) groups is 1. The summed E-state index contributed by atoms with van der Waals surface area (Å²) in [6.07, 6.45) is 5.03. The van der Waals surface area contributed by atoms with Crippen LogP contribution in [0.1, 0.15) is 23.6 Å². The van der Waals surface area contributed by atoms with E-state index in [1.54, 1.807) is 18.2 Å². The third kappa shape index (κ3) is 5.56. The minimum atomic E-state index is -0.206. The Hall–Kier alpha value is -3.50. The average molecular weight is 434 g/mol. The second-order valence-corrected chi connectivity index (χ2v) is 7.68. The molecule has 2 aromatic rings. The number of benzene rings is 2. The van der Waals surface area contributed by atoms with Gasteiger partial charge in [0.25, 0.3) is 5.91 Å². The molecule has 0 atom stereocenters. The number of carbonyl (C=O) groups excluding carboxylic acids is 1. The summed E-state index contributed by atoms with van der Waals surface area (Å²) in [4.78, 5) is 17.5. The molecule has 3 rings (SSSR count). The smallest absolute Gasteiger partial charge is 0.264 e. The molecule has 1 saturated heterocycles. The van der Waals surface area contributed by atoms with E-state index in [1.165, 1.54) is 24.4 Å². The molecule has 1 aliphatic heterocycles. The Kier molecular flexibility index (Phi) is 7.52. The highest BCUT2D eigenvalue weighted by Gasteiger charge is 2.24. The molecule has 1 heterocycles. The number of hydrogen-bond donors (Lipinski definition) is 1. The molecule has 31 heavy (non-hydrogen) atoms. The molecule has 1 amide bonds. The molecule has 158 valence electrons. The van der Waals surface area contributed by atoms with E-state index in [4.69, 9.17) is 14.7 Å². The van der Waals surface area contributed by atoms with Gasteiger partial charge in [-0.2, -0.15) is 5.26 Å². The number of thioether (sulfide) groups is 1. The summed E-state index contributed by atoms with van der Waals surface area (Å²) < 4.78 is 11.0. The van der Waals surface area contributed by atoms with E-state index in [1.807, 2.05) is 36.4 Å². The predicted molar refractivity (Wildman–Crippen MR) is 125 cm³/mol. The predicted octanol–water partition coefficient (Wildman–Crippen LogP) is 4.78. The molecular weight excluding hydrogens is 410 g/mol. The summed E-state index contributed by atoms with van der Waals surface area (Å²) in [5, 5.41) is 12.2. The first kappa shape index (κ1) is 22.2. The van der Waals surface area contributed by atoms with Crippen LogP contribution >= 0.6 is 11.8 Å². The van der Waals surface area contributed by atoms with Gasteiger partial charge in [-0.3, -0.25) is 4.79 Å². The topological polar surface area (TPSA) is 83.7 Å². The molecule has 0 bridgehead atoms. The van der Waals surface area contributed by atoms with E-state index < -0.39 is 0 Å². The minimum absolute atomic E-state index is 0.0851. The normalized spacial score (nSPS) is 15.6. The van der Waals surface area contributed by atoms with E-state index in [0.717, 1.165) is 23.2 Å². The Morgan fingerprint density at radius 3 is 2.71 bits per heavy atom. The Morgan fingerprint density at radius 1 is 1.29 bits per heavy atom. The summed E-state index contributed by atoms with van der Waals surface area (Å²) in [6.45, 7) is 5.79. The zero-order chi connectivity index (χ0) is 22.2. The third-order valence-corrected chi connectivity index (χ3v) is 5.45. The molecule has 0 saturated carbocycles. The summed E-state index contributed by atoms with van der Waals surface area (Å²) in [7, 11) is 1.54. The van der Waals surface area contributed by atoms with Crippen molar-refractivity contribution in [3.63, 3.8) is 0 Å². The van der Waals surface area contributed by atoms with Gasteiger partial charge in [-0.1, -0.05) is 25.1 Å². The molecule has 0 aromatic heterocycles. The summed E-state index contributed by atoms with van der Waals surface area (Å²) >= 11 is 1.28. The minimum Gasteiger partial charge on any atom is -0.493 e. The molecule has 0 aliphatic carbocycles. The molecule has 1 fully saturated rings. The van der Waals surface area contributed by atoms with Crippen molar-refractivity contribution in [1.82, 2.24) is 5.32 Å². The molecule has 1 aliphatic rings. The number of amides is 1. The number of nitrogens with one attached hydrogen (secondary N) is 1. The van der Waals surface area contributed by atoms with Crippen molar-refractivity contribution in [2.45, 2.75) is 19.8 Å². The van der Waals surface area contributed by atoms with Crippen LogP contribution in [0.2, 0.25) is 0 Å². The maximum atomic E-state index is 12.5. The molecular formula is C24H23N3O3S. The van der Waals surface area contributed by atoms with E-state index >= 15 is 0 Å². The van der Waals surface area contributed by atoms with Gasteiger partial charge in [0.1, 0.15) is 6.07 Å². The first-order valence-electron chi connectivity index (χ1n) is 9.78. The van der Waals surface area contributed by atoms with Crippen molar-refractivity contribution in [3.05, 3.63) is 70.6 Å². The van der Waals surface area contributed by atoms with Crippen LogP contribution in [0, 0.1) is 11.3 Å². The Balaban J connectivity index is 1.88. The highest BCUT2D eigenvalue weighted by molar-refractivity contribution is 8.18. The fourth-order valence-corrected chi connectivity index (χ4v) is 3.89. The number of methoxy groups -OCH3 is 1. The van der Waals surface area contributed by atoms with Crippen LogP contribution in [-0.4, -0.2) is 24.8 Å². The second kappa shape index (κ2) is 10.5. The van der Waals surface area contributed by atoms with Crippen LogP contribution in [0.15, 0.2) is 59.0 Å². The van der Waals surface area contributed by atoms with Gasteiger partial charge in [0.2, 0.25) is 0 Å². The van der Waals surface area contributed by atoms with Crippen LogP contribution in [-0.2, 0) is 17.6 Å². The quantitative estimate of drug-likeness (QED) is 0.478. The molecule has 1 N–H and O–H groups in total. The van der Waals surface area contributed by atoms with Crippen molar-refractivity contribution in [2.75, 3.05) is 13.7 Å². The number of ether oxygens (including phenoxy) is 2. The second-order valence-electron chi connectivity index (χ2n) is 6.65. The third-order valence-electron chi connectivity index (χ3n) is 4.54. The van der Waals surface area contributed by atoms with Gasteiger partial charge in [-0.15, -0.1) is 6.58 Å².